The van der Waals surface area contributed by atoms with E-state index in [1.165, 1.54) is 24.3 Å². The largest absolute Gasteiger partial charge is 0.375 e. The lowest BCUT2D eigenvalue weighted by Gasteiger charge is -2.18. The summed E-state index contributed by atoms with van der Waals surface area (Å²) in [4.78, 5) is 7.83. The van der Waals surface area contributed by atoms with Gasteiger partial charge in [-0.1, -0.05) is 6.92 Å². The number of aromatic nitrogens is 1. The summed E-state index contributed by atoms with van der Waals surface area (Å²) in [5.74, 6) is 0.959. The Morgan fingerprint density at radius 2 is 2.43 bits per heavy atom. The van der Waals surface area contributed by atoms with E-state index in [0.29, 0.717) is 5.13 Å². The Kier molecular flexibility index (Phi) is 3.03. The highest BCUT2D eigenvalue weighted by molar-refractivity contribution is 7.15. The van der Waals surface area contributed by atoms with Crippen LogP contribution in [0.15, 0.2) is 6.20 Å². The maximum absolute atomic E-state index is 5.60. The first kappa shape index (κ1) is 9.93. The van der Waals surface area contributed by atoms with E-state index in [4.69, 9.17) is 5.73 Å². The molecule has 1 heterocycles. The molecule has 0 spiro atoms. The molecule has 1 aliphatic rings. The minimum Gasteiger partial charge on any atom is -0.375 e. The van der Waals surface area contributed by atoms with Crippen molar-refractivity contribution in [2.75, 3.05) is 18.8 Å². The zero-order valence-electron chi connectivity index (χ0n) is 8.57. The highest BCUT2D eigenvalue weighted by Crippen LogP contribution is 2.30. The van der Waals surface area contributed by atoms with Gasteiger partial charge >= 0.3 is 0 Å². The van der Waals surface area contributed by atoms with Crippen molar-refractivity contribution in [3.05, 3.63) is 11.1 Å². The first-order valence-electron chi connectivity index (χ1n) is 5.20. The Morgan fingerprint density at radius 1 is 1.64 bits per heavy atom. The summed E-state index contributed by atoms with van der Waals surface area (Å²) in [6.07, 6.45) is 4.73. The molecule has 2 rings (SSSR count). The lowest BCUT2D eigenvalue weighted by atomic mass is 10.3. The van der Waals surface area contributed by atoms with E-state index in [9.17, 15) is 0 Å². The molecule has 4 heteroatoms. The molecule has 1 saturated carbocycles. The SMILES string of the molecule is CCN(Cc1cnc(N)s1)CC1CC1. The van der Waals surface area contributed by atoms with Crippen molar-refractivity contribution >= 4 is 16.5 Å². The zero-order chi connectivity index (χ0) is 9.97. The van der Waals surface area contributed by atoms with E-state index in [0.717, 1.165) is 19.0 Å². The molecule has 3 nitrogen and oxygen atoms in total. The molecular weight excluding hydrogens is 194 g/mol. The van der Waals surface area contributed by atoms with Crippen molar-refractivity contribution in [3.8, 4) is 0 Å². The number of hydrogen-bond acceptors (Lipinski definition) is 4. The number of anilines is 1. The Bertz CT molecular complexity index is 293. The average Bonchev–Trinajstić information content (AvgIpc) is 2.89. The summed E-state index contributed by atoms with van der Waals surface area (Å²) in [5, 5.41) is 0.683. The molecule has 1 fully saturated rings. The van der Waals surface area contributed by atoms with Crippen LogP contribution in [0.1, 0.15) is 24.6 Å². The number of thiazole rings is 1. The second-order valence-electron chi connectivity index (χ2n) is 3.94. The van der Waals surface area contributed by atoms with Crippen LogP contribution in [0, 0.1) is 5.92 Å². The standard InChI is InChI=1S/C10H17N3S/c1-2-13(6-8-3-4-8)7-9-5-12-10(11)14-9/h5,8H,2-4,6-7H2,1H3,(H2,11,12). The Hall–Kier alpha value is -0.610. The molecule has 14 heavy (non-hydrogen) atoms. The number of nitrogens with two attached hydrogens (primary N) is 1. The van der Waals surface area contributed by atoms with Crippen LogP contribution in [-0.4, -0.2) is 23.0 Å². The smallest absolute Gasteiger partial charge is 0.180 e. The van der Waals surface area contributed by atoms with E-state index in [1.54, 1.807) is 11.3 Å². The van der Waals surface area contributed by atoms with Crippen LogP contribution in [0.25, 0.3) is 0 Å². The number of nitrogen functional groups attached to an aromatic ring is 1. The van der Waals surface area contributed by atoms with Crippen molar-refractivity contribution < 1.29 is 0 Å². The highest BCUT2D eigenvalue weighted by atomic mass is 32.1. The fraction of sp³-hybridized carbons (Fsp3) is 0.700. The van der Waals surface area contributed by atoms with Gasteiger partial charge in [0, 0.05) is 24.2 Å². The van der Waals surface area contributed by atoms with Gasteiger partial charge in [0.1, 0.15) is 0 Å². The van der Waals surface area contributed by atoms with Crippen molar-refractivity contribution in [2.24, 2.45) is 5.92 Å². The molecule has 0 atom stereocenters. The minimum absolute atomic E-state index is 0.683. The van der Waals surface area contributed by atoms with Gasteiger partial charge in [0.15, 0.2) is 5.13 Å². The summed E-state index contributed by atoms with van der Waals surface area (Å²) in [6.45, 7) is 5.59. The predicted molar refractivity (Wildman–Crippen MR) is 60.2 cm³/mol. The molecule has 0 radical (unpaired) electrons. The Labute approximate surface area is 88.9 Å². The number of nitrogens with zero attached hydrogens (tertiary/aromatic N) is 2. The molecule has 2 N–H and O–H groups in total. The van der Waals surface area contributed by atoms with E-state index < -0.39 is 0 Å². The molecule has 0 amide bonds. The molecule has 0 saturated heterocycles. The first-order valence-corrected chi connectivity index (χ1v) is 6.02. The van der Waals surface area contributed by atoms with Crippen LogP contribution in [0.5, 0.6) is 0 Å². The van der Waals surface area contributed by atoms with Crippen LogP contribution in [0.2, 0.25) is 0 Å². The van der Waals surface area contributed by atoms with Crippen molar-refractivity contribution in [1.29, 1.82) is 0 Å². The molecule has 0 bridgehead atoms. The van der Waals surface area contributed by atoms with Crippen LogP contribution in [-0.2, 0) is 6.54 Å². The maximum atomic E-state index is 5.60. The molecule has 0 aliphatic heterocycles. The van der Waals surface area contributed by atoms with E-state index in [-0.39, 0.29) is 0 Å². The lowest BCUT2D eigenvalue weighted by Crippen LogP contribution is -2.24. The highest BCUT2D eigenvalue weighted by Gasteiger charge is 2.23. The van der Waals surface area contributed by atoms with Gasteiger partial charge in [0.05, 0.1) is 0 Å². The first-order chi connectivity index (χ1) is 6.78. The Balaban J connectivity index is 1.86. The van der Waals surface area contributed by atoms with E-state index >= 15 is 0 Å². The molecular formula is C10H17N3S. The third-order valence-electron chi connectivity index (χ3n) is 2.61. The molecule has 1 aromatic heterocycles. The molecule has 78 valence electrons. The number of hydrogen-bond donors (Lipinski definition) is 1. The minimum atomic E-state index is 0.683. The monoisotopic (exact) mass is 211 g/mol. The third kappa shape index (κ3) is 2.69. The fourth-order valence-electron chi connectivity index (χ4n) is 1.59. The molecule has 0 aromatic carbocycles. The molecule has 0 unspecified atom stereocenters. The quantitative estimate of drug-likeness (QED) is 0.809. The second kappa shape index (κ2) is 4.28. The average molecular weight is 211 g/mol. The molecule has 1 aliphatic carbocycles. The van der Waals surface area contributed by atoms with Gasteiger partial charge in [0.2, 0.25) is 0 Å². The van der Waals surface area contributed by atoms with Gasteiger partial charge in [-0.25, -0.2) is 4.98 Å². The summed E-state index contributed by atoms with van der Waals surface area (Å²) < 4.78 is 0. The van der Waals surface area contributed by atoms with Crippen LogP contribution in [0.4, 0.5) is 5.13 Å². The van der Waals surface area contributed by atoms with Gasteiger partial charge < -0.3 is 5.73 Å². The summed E-state index contributed by atoms with van der Waals surface area (Å²) in [6, 6.07) is 0. The van der Waals surface area contributed by atoms with Gasteiger partial charge in [-0.3, -0.25) is 4.90 Å². The van der Waals surface area contributed by atoms with Crippen LogP contribution in [0.3, 0.4) is 0 Å². The normalized spacial score (nSPS) is 16.4. The van der Waals surface area contributed by atoms with Gasteiger partial charge in [-0.05, 0) is 25.3 Å². The van der Waals surface area contributed by atoms with Crippen LogP contribution < -0.4 is 5.73 Å². The van der Waals surface area contributed by atoms with Gasteiger partial charge in [0.25, 0.3) is 0 Å². The molecule has 1 aromatic rings. The number of rotatable bonds is 5. The second-order valence-corrected chi connectivity index (χ2v) is 5.08. The fourth-order valence-corrected chi connectivity index (χ4v) is 2.31. The predicted octanol–water partition coefficient (Wildman–Crippen LogP) is 1.96. The van der Waals surface area contributed by atoms with E-state index in [2.05, 4.69) is 16.8 Å². The summed E-state index contributed by atoms with van der Waals surface area (Å²) >= 11 is 1.60. The van der Waals surface area contributed by atoms with Gasteiger partial charge in [-0.15, -0.1) is 11.3 Å². The summed E-state index contributed by atoms with van der Waals surface area (Å²) in [5.41, 5.74) is 5.60. The topological polar surface area (TPSA) is 42.2 Å². The third-order valence-corrected chi connectivity index (χ3v) is 3.42. The van der Waals surface area contributed by atoms with Crippen molar-refractivity contribution in [1.82, 2.24) is 9.88 Å². The maximum Gasteiger partial charge on any atom is 0.180 e. The Morgan fingerprint density at radius 3 is 2.93 bits per heavy atom. The zero-order valence-corrected chi connectivity index (χ0v) is 9.39. The van der Waals surface area contributed by atoms with Crippen molar-refractivity contribution in [3.63, 3.8) is 0 Å². The lowest BCUT2D eigenvalue weighted by molar-refractivity contribution is 0.270. The van der Waals surface area contributed by atoms with Crippen molar-refractivity contribution in [2.45, 2.75) is 26.3 Å². The summed E-state index contributed by atoms with van der Waals surface area (Å²) in [7, 11) is 0. The van der Waals surface area contributed by atoms with Gasteiger partial charge in [-0.2, -0.15) is 0 Å². The van der Waals surface area contributed by atoms with Crippen LogP contribution >= 0.6 is 11.3 Å². The van der Waals surface area contributed by atoms with E-state index in [1.807, 2.05) is 6.20 Å².